The van der Waals surface area contributed by atoms with Crippen molar-refractivity contribution in [1.29, 1.82) is 0 Å². The van der Waals surface area contributed by atoms with Crippen molar-refractivity contribution in [2.45, 2.75) is 26.9 Å². The lowest BCUT2D eigenvalue weighted by atomic mass is 10.1. The normalized spacial score (nSPS) is 12.2. The van der Waals surface area contributed by atoms with Crippen LogP contribution in [0.5, 0.6) is 5.75 Å². The first kappa shape index (κ1) is 13.9. The number of nitro groups is 1. The summed E-state index contributed by atoms with van der Waals surface area (Å²) in [4.78, 5) is 24.3. The Hall–Kier alpha value is -2.18. The molecule has 0 amide bonds. The molecule has 0 aromatic carbocycles. The lowest BCUT2D eigenvalue weighted by Crippen LogP contribution is -2.20. The summed E-state index contributed by atoms with van der Waals surface area (Å²) in [5.41, 5.74) is -0.260. The average molecular weight is 254 g/mol. The third-order valence-corrected chi connectivity index (χ3v) is 2.52. The molecule has 98 valence electrons. The van der Waals surface area contributed by atoms with Gasteiger partial charge in [-0.25, -0.2) is 4.79 Å². The quantitative estimate of drug-likeness (QED) is 0.637. The van der Waals surface area contributed by atoms with Crippen LogP contribution in [0.2, 0.25) is 0 Å². The number of aromatic nitrogens is 1. The molecule has 1 unspecified atom stereocenters. The molecule has 1 aromatic heterocycles. The summed E-state index contributed by atoms with van der Waals surface area (Å²) in [5, 5.41) is 19.5. The maximum absolute atomic E-state index is 11.0. The summed E-state index contributed by atoms with van der Waals surface area (Å²) in [7, 11) is 0. The Morgan fingerprint density at radius 1 is 1.50 bits per heavy atom. The molecule has 1 atom stereocenters. The number of hydrogen-bond donors (Lipinski definition) is 1. The second-order valence-electron chi connectivity index (χ2n) is 4.17. The second kappa shape index (κ2) is 5.44. The second-order valence-corrected chi connectivity index (χ2v) is 4.17. The van der Waals surface area contributed by atoms with Gasteiger partial charge in [-0.15, -0.1) is 0 Å². The van der Waals surface area contributed by atoms with Gasteiger partial charge in [0.1, 0.15) is 5.56 Å². The number of carbonyl (C=O) groups is 1. The van der Waals surface area contributed by atoms with Crippen LogP contribution in [0, 0.1) is 16.0 Å². The van der Waals surface area contributed by atoms with Gasteiger partial charge in [0.15, 0.2) is 11.9 Å². The van der Waals surface area contributed by atoms with Gasteiger partial charge in [0.25, 0.3) is 0 Å². The number of nitrogens with zero attached hydrogens (tertiary/aromatic N) is 2. The number of rotatable bonds is 5. The SMILES string of the molecule is CC(C)C(C)Oc1cnc([N+](=O)[O-])cc1C(=O)O. The molecular formula is C11H14N2O5. The van der Waals surface area contributed by atoms with Crippen molar-refractivity contribution in [2.24, 2.45) is 5.92 Å². The van der Waals surface area contributed by atoms with Crippen LogP contribution >= 0.6 is 0 Å². The summed E-state index contributed by atoms with van der Waals surface area (Å²) >= 11 is 0. The first-order chi connectivity index (χ1) is 8.32. The summed E-state index contributed by atoms with van der Waals surface area (Å²) in [5.74, 6) is -1.58. The molecule has 1 N–H and O–H groups in total. The average Bonchev–Trinajstić information content (AvgIpc) is 2.28. The van der Waals surface area contributed by atoms with E-state index >= 15 is 0 Å². The zero-order valence-electron chi connectivity index (χ0n) is 10.3. The molecule has 0 saturated heterocycles. The Morgan fingerprint density at radius 2 is 2.11 bits per heavy atom. The van der Waals surface area contributed by atoms with Crippen molar-refractivity contribution < 1.29 is 19.6 Å². The molecule has 1 aromatic rings. The molecule has 0 bridgehead atoms. The molecule has 0 aliphatic rings. The molecule has 7 heteroatoms. The van der Waals surface area contributed by atoms with Gasteiger partial charge >= 0.3 is 11.8 Å². The highest BCUT2D eigenvalue weighted by Crippen LogP contribution is 2.24. The topological polar surface area (TPSA) is 103 Å². The van der Waals surface area contributed by atoms with Crippen LogP contribution in [0.4, 0.5) is 5.82 Å². The van der Waals surface area contributed by atoms with Crippen molar-refractivity contribution in [3.63, 3.8) is 0 Å². The van der Waals surface area contributed by atoms with Gasteiger partial charge < -0.3 is 20.0 Å². The summed E-state index contributed by atoms with van der Waals surface area (Å²) < 4.78 is 5.44. The van der Waals surface area contributed by atoms with E-state index in [1.54, 1.807) is 6.92 Å². The van der Waals surface area contributed by atoms with E-state index in [0.29, 0.717) is 0 Å². The van der Waals surface area contributed by atoms with Gasteiger partial charge in [0.05, 0.1) is 12.2 Å². The monoisotopic (exact) mass is 254 g/mol. The Balaban J connectivity index is 3.12. The molecule has 7 nitrogen and oxygen atoms in total. The molecule has 0 aliphatic heterocycles. The number of hydrogen-bond acceptors (Lipinski definition) is 5. The summed E-state index contributed by atoms with van der Waals surface area (Å²) in [6.45, 7) is 5.63. The Labute approximate surface area is 104 Å². The van der Waals surface area contributed by atoms with Crippen LogP contribution in [0.1, 0.15) is 31.1 Å². The minimum Gasteiger partial charge on any atom is -0.486 e. The largest absolute Gasteiger partial charge is 0.486 e. The minimum atomic E-state index is -1.29. The van der Waals surface area contributed by atoms with Gasteiger partial charge in [-0.3, -0.25) is 0 Å². The van der Waals surface area contributed by atoms with E-state index in [4.69, 9.17) is 9.84 Å². The van der Waals surface area contributed by atoms with Gasteiger partial charge in [-0.2, -0.15) is 0 Å². The summed E-state index contributed by atoms with van der Waals surface area (Å²) in [6.07, 6.45) is 0.854. The van der Waals surface area contributed by atoms with E-state index in [-0.39, 0.29) is 23.3 Å². The predicted octanol–water partition coefficient (Wildman–Crippen LogP) is 2.11. The fraction of sp³-hybridized carbons (Fsp3) is 0.455. The van der Waals surface area contributed by atoms with E-state index < -0.39 is 16.7 Å². The van der Waals surface area contributed by atoms with E-state index in [2.05, 4.69) is 4.98 Å². The zero-order chi connectivity index (χ0) is 13.9. The van der Waals surface area contributed by atoms with Gasteiger partial charge in [-0.05, 0) is 22.7 Å². The molecule has 0 aliphatic carbocycles. The van der Waals surface area contributed by atoms with Crippen LogP contribution in [-0.4, -0.2) is 27.1 Å². The highest BCUT2D eigenvalue weighted by molar-refractivity contribution is 5.91. The van der Waals surface area contributed by atoms with Crippen molar-refractivity contribution >= 4 is 11.8 Å². The van der Waals surface area contributed by atoms with Gasteiger partial charge in [-0.1, -0.05) is 13.8 Å². The van der Waals surface area contributed by atoms with Crippen molar-refractivity contribution in [2.75, 3.05) is 0 Å². The molecule has 0 spiro atoms. The summed E-state index contributed by atoms with van der Waals surface area (Å²) in [6, 6.07) is 0.894. The van der Waals surface area contributed by atoms with Crippen LogP contribution in [0.25, 0.3) is 0 Å². The lowest BCUT2D eigenvalue weighted by molar-refractivity contribution is -0.389. The highest BCUT2D eigenvalue weighted by atomic mass is 16.6. The molecule has 0 fully saturated rings. The molecule has 18 heavy (non-hydrogen) atoms. The lowest BCUT2D eigenvalue weighted by Gasteiger charge is -2.18. The number of carboxylic acids is 1. The third kappa shape index (κ3) is 3.16. The Bertz CT molecular complexity index is 473. The maximum Gasteiger partial charge on any atom is 0.364 e. The Kier molecular flexibility index (Phi) is 4.19. The Morgan fingerprint density at radius 3 is 2.56 bits per heavy atom. The van der Waals surface area contributed by atoms with Crippen LogP contribution in [-0.2, 0) is 0 Å². The molecule has 0 saturated carbocycles. The molecular weight excluding hydrogens is 240 g/mol. The van der Waals surface area contributed by atoms with Crippen LogP contribution in [0.3, 0.4) is 0 Å². The van der Waals surface area contributed by atoms with E-state index in [1.807, 2.05) is 13.8 Å². The molecule has 0 radical (unpaired) electrons. The van der Waals surface area contributed by atoms with E-state index in [9.17, 15) is 14.9 Å². The third-order valence-electron chi connectivity index (χ3n) is 2.52. The van der Waals surface area contributed by atoms with Gasteiger partial charge in [0, 0.05) is 0 Å². The van der Waals surface area contributed by atoms with Crippen LogP contribution in [0.15, 0.2) is 12.3 Å². The van der Waals surface area contributed by atoms with Crippen molar-refractivity contribution in [1.82, 2.24) is 4.98 Å². The number of ether oxygens (including phenoxy) is 1. The van der Waals surface area contributed by atoms with Crippen molar-refractivity contribution in [3.8, 4) is 5.75 Å². The zero-order valence-corrected chi connectivity index (χ0v) is 10.3. The smallest absolute Gasteiger partial charge is 0.364 e. The van der Waals surface area contributed by atoms with E-state index in [1.165, 1.54) is 0 Å². The van der Waals surface area contributed by atoms with Crippen LogP contribution < -0.4 is 4.74 Å². The van der Waals surface area contributed by atoms with Crippen molar-refractivity contribution in [3.05, 3.63) is 27.9 Å². The fourth-order valence-electron chi connectivity index (χ4n) is 1.13. The van der Waals surface area contributed by atoms with Gasteiger partial charge in [0.2, 0.25) is 0 Å². The number of aromatic carboxylic acids is 1. The minimum absolute atomic E-state index is 0.0364. The first-order valence-electron chi connectivity index (χ1n) is 5.37. The molecule has 1 rings (SSSR count). The predicted molar refractivity (Wildman–Crippen MR) is 62.8 cm³/mol. The first-order valence-corrected chi connectivity index (χ1v) is 5.37. The maximum atomic E-state index is 11.0. The number of pyridine rings is 1. The number of carboxylic acid groups (broad SMARTS) is 1. The highest BCUT2D eigenvalue weighted by Gasteiger charge is 2.21. The standard InChI is InChI=1S/C11H14N2O5/c1-6(2)7(3)18-9-5-12-10(13(16)17)4-8(9)11(14)15/h4-7H,1-3H3,(H,14,15). The molecule has 1 heterocycles. The fourth-order valence-corrected chi connectivity index (χ4v) is 1.13. The van der Waals surface area contributed by atoms with E-state index in [0.717, 1.165) is 12.3 Å².